The molecule has 1 aromatic rings. The number of ketones is 1. The minimum absolute atomic E-state index is 0.00563. The van der Waals surface area contributed by atoms with Crippen LogP contribution in [0.25, 0.3) is 0 Å². The molecule has 13 nitrogen and oxygen atoms in total. The number of aliphatic hydroxyl groups excluding tert-OH is 2. The first-order valence-electron chi connectivity index (χ1n) is 23.3. The van der Waals surface area contributed by atoms with Crippen molar-refractivity contribution in [3.8, 4) is 0 Å². The van der Waals surface area contributed by atoms with Crippen molar-refractivity contribution < 1.29 is 57.0 Å². The zero-order chi connectivity index (χ0) is 44.9. The molecule has 0 bridgehead atoms. The molecule has 2 rings (SSSR count). The minimum atomic E-state index is -4.46. The third-order valence-corrected chi connectivity index (χ3v) is 12.4. The van der Waals surface area contributed by atoms with Crippen LogP contribution in [0.3, 0.4) is 0 Å². The summed E-state index contributed by atoms with van der Waals surface area (Å²) in [6.45, 7) is 7.60. The molecule has 0 saturated heterocycles. The second kappa shape index (κ2) is 32.1. The Morgan fingerprint density at radius 2 is 1.44 bits per heavy atom. The van der Waals surface area contributed by atoms with Gasteiger partial charge in [0.25, 0.3) is 0 Å². The number of aryl methyl sites for hydroxylation is 2. The maximum Gasteiger partial charge on any atom is 0.472 e. The fourth-order valence-corrected chi connectivity index (χ4v) is 8.32. The molecule has 1 aromatic heterocycles. The maximum absolute atomic E-state index is 12.7. The number of Topliss-reactive ketones (excluding diaryl/α,β-unsaturated/α-hetero) is 1. The van der Waals surface area contributed by atoms with Crippen LogP contribution in [0.2, 0.25) is 0 Å². The fourth-order valence-electron chi connectivity index (χ4n) is 7.56. The molecule has 61 heavy (non-hydrogen) atoms. The summed E-state index contributed by atoms with van der Waals surface area (Å²) in [5.74, 6) is 0.524. The molecule has 0 radical (unpaired) electrons. The van der Waals surface area contributed by atoms with Gasteiger partial charge in [-0.05, 0) is 69.9 Å². The van der Waals surface area contributed by atoms with Crippen molar-refractivity contribution >= 4 is 25.5 Å². The summed E-state index contributed by atoms with van der Waals surface area (Å²) in [5.41, 5.74) is 7.97. The summed E-state index contributed by atoms with van der Waals surface area (Å²) in [5, 5.41) is 20.7. The van der Waals surface area contributed by atoms with E-state index in [1.165, 1.54) is 30.4 Å². The molecule has 0 amide bonds. The first kappa shape index (κ1) is 54.5. The second-order valence-corrected chi connectivity index (χ2v) is 18.1. The lowest BCUT2D eigenvalue weighted by atomic mass is 9.90. The number of hydrogen-bond acceptors (Lipinski definition) is 12. The van der Waals surface area contributed by atoms with Crippen LogP contribution in [-0.2, 0) is 50.3 Å². The third-order valence-electron chi connectivity index (χ3n) is 11.4. The normalized spacial score (nSPS) is 18.9. The lowest BCUT2D eigenvalue weighted by molar-refractivity contribution is -0.161. The van der Waals surface area contributed by atoms with Crippen molar-refractivity contribution in [1.82, 2.24) is 0 Å². The van der Waals surface area contributed by atoms with E-state index in [-0.39, 0.29) is 56.6 Å². The Balaban J connectivity index is 1.69. The summed E-state index contributed by atoms with van der Waals surface area (Å²) in [4.78, 5) is 47.8. The largest absolute Gasteiger partial charge is 0.472 e. The van der Waals surface area contributed by atoms with Crippen LogP contribution >= 0.6 is 7.82 Å². The number of ether oxygens (including phenoxy) is 2. The highest BCUT2D eigenvalue weighted by molar-refractivity contribution is 7.47. The third kappa shape index (κ3) is 23.6. The van der Waals surface area contributed by atoms with Gasteiger partial charge in [0.1, 0.15) is 23.9 Å². The first-order chi connectivity index (χ1) is 29.3. The zero-order valence-electron chi connectivity index (χ0n) is 37.8. The number of allylic oxidation sites excluding steroid dienone is 2. The van der Waals surface area contributed by atoms with Gasteiger partial charge in [0.15, 0.2) is 6.10 Å². The van der Waals surface area contributed by atoms with Crippen molar-refractivity contribution in [3.05, 3.63) is 47.0 Å². The Morgan fingerprint density at radius 3 is 2.10 bits per heavy atom. The number of carbonyl (C=O) groups excluding carboxylic acids is 3. The Kier molecular flexibility index (Phi) is 28.7. The maximum atomic E-state index is 12.7. The number of phosphoric ester groups is 1. The van der Waals surface area contributed by atoms with E-state index in [0.29, 0.717) is 32.1 Å². The predicted molar refractivity (Wildman–Crippen MR) is 238 cm³/mol. The average Bonchev–Trinajstić information content (AvgIpc) is 3.66. The molecule has 6 atom stereocenters. The van der Waals surface area contributed by atoms with Gasteiger partial charge in [-0.25, -0.2) is 4.57 Å². The number of rotatable bonds is 36. The Morgan fingerprint density at radius 1 is 0.836 bits per heavy atom. The number of phosphoric acid groups is 1. The topological polar surface area (TPSA) is 205 Å². The molecule has 14 heteroatoms. The molecule has 5 N–H and O–H groups in total. The molecule has 1 saturated carbocycles. The number of aliphatic hydroxyl groups is 2. The van der Waals surface area contributed by atoms with Crippen molar-refractivity contribution in [2.24, 2.45) is 17.6 Å². The highest BCUT2D eigenvalue weighted by Gasteiger charge is 2.39. The van der Waals surface area contributed by atoms with E-state index in [1.807, 2.05) is 12.2 Å². The van der Waals surface area contributed by atoms with E-state index >= 15 is 0 Å². The van der Waals surface area contributed by atoms with Crippen molar-refractivity contribution in [2.75, 3.05) is 26.4 Å². The molecular weight excluding hydrogens is 801 g/mol. The van der Waals surface area contributed by atoms with Gasteiger partial charge in [0, 0.05) is 50.5 Å². The molecule has 1 unspecified atom stereocenters. The predicted octanol–water partition coefficient (Wildman–Crippen LogP) is 9.41. The van der Waals surface area contributed by atoms with Gasteiger partial charge >= 0.3 is 19.8 Å². The molecular formula is C47H80NO12P. The summed E-state index contributed by atoms with van der Waals surface area (Å²) in [6, 6.07) is 0. The molecule has 0 aliphatic heterocycles. The van der Waals surface area contributed by atoms with Gasteiger partial charge in [0.05, 0.1) is 25.4 Å². The molecule has 350 valence electrons. The molecule has 1 aliphatic carbocycles. The zero-order valence-corrected chi connectivity index (χ0v) is 38.7. The Hall–Kier alpha value is -2.64. The van der Waals surface area contributed by atoms with Crippen molar-refractivity contribution in [3.63, 3.8) is 0 Å². The van der Waals surface area contributed by atoms with E-state index < -0.39 is 44.7 Å². The molecule has 1 heterocycles. The van der Waals surface area contributed by atoms with Crippen LogP contribution in [0.5, 0.6) is 0 Å². The van der Waals surface area contributed by atoms with Gasteiger partial charge in [0.2, 0.25) is 0 Å². The molecule has 0 aromatic carbocycles. The number of nitrogens with two attached hydrogens (primary N) is 1. The lowest BCUT2D eigenvalue weighted by Crippen LogP contribution is -2.29. The van der Waals surface area contributed by atoms with Crippen LogP contribution in [0.1, 0.15) is 171 Å². The van der Waals surface area contributed by atoms with E-state index in [4.69, 9.17) is 28.7 Å². The summed E-state index contributed by atoms with van der Waals surface area (Å²) in [7, 11) is -4.46. The second-order valence-electron chi connectivity index (χ2n) is 16.6. The monoisotopic (exact) mass is 882 g/mol. The average molecular weight is 882 g/mol. The highest BCUT2D eigenvalue weighted by atomic mass is 31.2. The van der Waals surface area contributed by atoms with Crippen LogP contribution < -0.4 is 5.73 Å². The van der Waals surface area contributed by atoms with Crippen molar-refractivity contribution in [1.29, 1.82) is 0 Å². The van der Waals surface area contributed by atoms with E-state index in [2.05, 4.69) is 27.7 Å². The Labute approximate surface area is 366 Å². The van der Waals surface area contributed by atoms with Crippen LogP contribution in [0, 0.1) is 25.7 Å². The van der Waals surface area contributed by atoms with Crippen LogP contribution in [-0.4, -0.2) is 77.5 Å². The number of carbonyl (C=O) groups is 3. The molecule has 1 aliphatic rings. The summed E-state index contributed by atoms with van der Waals surface area (Å²) >= 11 is 0. The summed E-state index contributed by atoms with van der Waals surface area (Å²) in [6.07, 6.45) is 24.0. The van der Waals surface area contributed by atoms with Gasteiger partial charge in [-0.1, -0.05) is 109 Å². The first-order valence-corrected chi connectivity index (χ1v) is 24.8. The Bertz CT molecular complexity index is 1490. The minimum Gasteiger partial charge on any atom is -0.466 e. The molecule has 0 spiro atoms. The lowest BCUT2D eigenvalue weighted by Gasteiger charge is -2.19. The number of hydrogen-bond donors (Lipinski definition) is 4. The number of furan rings is 1. The van der Waals surface area contributed by atoms with E-state index in [9.17, 15) is 34.1 Å². The van der Waals surface area contributed by atoms with E-state index in [0.717, 1.165) is 88.6 Å². The molecule has 1 fully saturated rings. The SMILES string of the molecule is CCCCCc1oc(CCCCCCCCCCC(=O)O[C@H](COC(=O)CCC/C=C\C[C@H]2C(=O)C[C@@H](O)[C@@H]2/C=C/[C@@H](O)CCCCC)COP(=O)(O)OCCN)c(C)c1C. The standard InChI is InChI=1S/C47H80NO12P/c1-5-7-17-23-38(49)29-30-41-40(42(50)33-43(41)51)24-19-15-16-21-27-46(52)56-34-39(35-58-61(54,55)57-32-31-48)59-47(53)28-22-14-12-10-9-11-13-20-26-45-37(4)36(3)44(60-45)25-18-8-6-2/h15,19,29-30,38-41,43,49,51H,5-14,16-18,20-28,31-35,48H2,1-4H3,(H,54,55)/b19-15-,30-29+/t38-,39+,40+,41+,43+/m0/s1. The van der Waals surface area contributed by atoms with Crippen LogP contribution in [0.15, 0.2) is 28.7 Å². The number of unbranched alkanes of at least 4 members (excludes halogenated alkanes) is 12. The fraction of sp³-hybridized carbons (Fsp3) is 0.766. The van der Waals surface area contributed by atoms with Crippen LogP contribution in [0.4, 0.5) is 0 Å². The smallest absolute Gasteiger partial charge is 0.466 e. The van der Waals surface area contributed by atoms with Gasteiger partial charge in [-0.15, -0.1) is 0 Å². The van der Waals surface area contributed by atoms with Gasteiger partial charge in [-0.3, -0.25) is 23.4 Å². The summed E-state index contributed by atoms with van der Waals surface area (Å²) < 4.78 is 39.1. The van der Waals surface area contributed by atoms with Gasteiger partial charge < -0.3 is 34.7 Å². The van der Waals surface area contributed by atoms with E-state index in [1.54, 1.807) is 12.2 Å². The highest BCUT2D eigenvalue weighted by Crippen LogP contribution is 2.43. The van der Waals surface area contributed by atoms with Gasteiger partial charge in [-0.2, -0.15) is 0 Å². The number of esters is 2. The quantitative estimate of drug-likeness (QED) is 0.0215. The van der Waals surface area contributed by atoms with Crippen molar-refractivity contribution in [2.45, 2.75) is 194 Å².